The molecule has 0 heterocycles. The van der Waals surface area contributed by atoms with Gasteiger partial charge in [-0.1, -0.05) is 13.8 Å². The average Bonchev–Trinajstić information content (AvgIpc) is 2.62. The normalized spacial score (nSPS) is 10.3. The van der Waals surface area contributed by atoms with Gasteiger partial charge in [0, 0.05) is 30.0 Å². The highest BCUT2D eigenvalue weighted by Crippen LogP contribution is 2.20. The Morgan fingerprint density at radius 1 is 0.958 bits per heavy atom. The average molecular weight is 326 g/mol. The van der Waals surface area contributed by atoms with E-state index >= 15 is 0 Å². The van der Waals surface area contributed by atoms with Crippen molar-refractivity contribution in [3.8, 4) is 5.75 Å². The Labute approximate surface area is 144 Å². The zero-order chi connectivity index (χ0) is 17.4. The number of methoxy groups -OCH3 is 1. The van der Waals surface area contributed by atoms with E-state index in [0.29, 0.717) is 5.56 Å². The van der Waals surface area contributed by atoms with E-state index in [-0.39, 0.29) is 5.91 Å². The van der Waals surface area contributed by atoms with Gasteiger partial charge in [-0.3, -0.25) is 4.79 Å². The Bertz CT molecular complexity index is 630. The number of amides is 1. The molecule has 2 aromatic carbocycles. The second kappa shape index (κ2) is 8.96. The van der Waals surface area contributed by atoms with Crippen LogP contribution in [0.3, 0.4) is 0 Å². The molecule has 2 rings (SSSR count). The Hall–Kier alpha value is -2.49. The highest BCUT2D eigenvalue weighted by atomic mass is 16.5. The summed E-state index contributed by atoms with van der Waals surface area (Å²) in [4.78, 5) is 14.6. The SMILES string of the molecule is CCCN(CCC)c1ccc(NC(=O)c2ccc(OC)cc2)cc1. The largest absolute Gasteiger partial charge is 0.497 e. The van der Waals surface area contributed by atoms with Crippen LogP contribution in [0.1, 0.15) is 37.0 Å². The summed E-state index contributed by atoms with van der Waals surface area (Å²) in [7, 11) is 1.61. The molecule has 0 atom stereocenters. The molecular formula is C20H26N2O2. The number of carbonyl (C=O) groups is 1. The fourth-order valence-electron chi connectivity index (χ4n) is 2.61. The third-order valence-electron chi connectivity index (χ3n) is 3.83. The molecule has 0 fully saturated rings. The quantitative estimate of drug-likeness (QED) is 0.772. The molecule has 0 aliphatic carbocycles. The lowest BCUT2D eigenvalue weighted by Gasteiger charge is -2.24. The number of nitrogens with zero attached hydrogens (tertiary/aromatic N) is 1. The first kappa shape index (κ1) is 17.9. The van der Waals surface area contributed by atoms with E-state index in [0.717, 1.165) is 37.4 Å². The summed E-state index contributed by atoms with van der Waals surface area (Å²) in [5, 5.41) is 2.93. The van der Waals surface area contributed by atoms with Crippen LogP contribution in [0.15, 0.2) is 48.5 Å². The summed E-state index contributed by atoms with van der Waals surface area (Å²) in [6.07, 6.45) is 2.24. The van der Waals surface area contributed by atoms with Crippen molar-refractivity contribution >= 4 is 17.3 Å². The molecule has 0 saturated heterocycles. The van der Waals surface area contributed by atoms with Gasteiger partial charge in [0.2, 0.25) is 0 Å². The summed E-state index contributed by atoms with van der Waals surface area (Å²) in [6.45, 7) is 6.47. The molecule has 24 heavy (non-hydrogen) atoms. The van der Waals surface area contributed by atoms with Gasteiger partial charge in [-0.15, -0.1) is 0 Å². The van der Waals surface area contributed by atoms with E-state index in [2.05, 4.69) is 36.2 Å². The number of anilines is 2. The Morgan fingerprint density at radius 2 is 1.54 bits per heavy atom. The smallest absolute Gasteiger partial charge is 0.255 e. The molecule has 0 saturated carbocycles. The maximum atomic E-state index is 12.3. The van der Waals surface area contributed by atoms with Crippen LogP contribution in [0.5, 0.6) is 5.75 Å². The van der Waals surface area contributed by atoms with Gasteiger partial charge >= 0.3 is 0 Å². The predicted octanol–water partition coefficient (Wildman–Crippen LogP) is 4.57. The van der Waals surface area contributed by atoms with Gasteiger partial charge in [0.15, 0.2) is 0 Å². The van der Waals surface area contributed by atoms with Crippen molar-refractivity contribution in [3.05, 3.63) is 54.1 Å². The van der Waals surface area contributed by atoms with Crippen molar-refractivity contribution in [1.29, 1.82) is 0 Å². The maximum Gasteiger partial charge on any atom is 0.255 e. The molecule has 4 nitrogen and oxygen atoms in total. The van der Waals surface area contributed by atoms with Gasteiger partial charge in [-0.2, -0.15) is 0 Å². The first-order valence-corrected chi connectivity index (χ1v) is 8.48. The van der Waals surface area contributed by atoms with Crippen LogP contribution in [0, 0.1) is 0 Å². The highest BCUT2D eigenvalue weighted by molar-refractivity contribution is 6.04. The molecule has 0 aliphatic rings. The third-order valence-corrected chi connectivity index (χ3v) is 3.83. The minimum absolute atomic E-state index is 0.121. The summed E-state index contributed by atoms with van der Waals surface area (Å²) < 4.78 is 5.11. The summed E-state index contributed by atoms with van der Waals surface area (Å²) in [6, 6.07) is 15.1. The zero-order valence-electron chi connectivity index (χ0n) is 14.7. The summed E-state index contributed by atoms with van der Waals surface area (Å²) >= 11 is 0. The van der Waals surface area contributed by atoms with Crippen molar-refractivity contribution in [2.75, 3.05) is 30.4 Å². The van der Waals surface area contributed by atoms with Gasteiger partial charge in [-0.05, 0) is 61.4 Å². The second-order valence-corrected chi connectivity index (χ2v) is 5.72. The van der Waals surface area contributed by atoms with Crippen LogP contribution in [-0.4, -0.2) is 26.1 Å². The topological polar surface area (TPSA) is 41.6 Å². The number of hydrogen-bond acceptors (Lipinski definition) is 3. The van der Waals surface area contributed by atoms with E-state index in [1.807, 2.05) is 12.1 Å². The third kappa shape index (κ3) is 4.75. The predicted molar refractivity (Wildman–Crippen MR) is 100 cm³/mol. The first-order chi connectivity index (χ1) is 11.7. The van der Waals surface area contributed by atoms with Crippen LogP contribution in [0.25, 0.3) is 0 Å². The van der Waals surface area contributed by atoms with E-state index in [1.165, 1.54) is 5.69 Å². The number of carbonyl (C=O) groups excluding carboxylic acids is 1. The maximum absolute atomic E-state index is 12.3. The Kier molecular flexibility index (Phi) is 6.67. The lowest BCUT2D eigenvalue weighted by atomic mass is 10.2. The Morgan fingerprint density at radius 3 is 2.04 bits per heavy atom. The Balaban J connectivity index is 2.03. The highest BCUT2D eigenvalue weighted by Gasteiger charge is 2.08. The minimum atomic E-state index is -0.121. The lowest BCUT2D eigenvalue weighted by Crippen LogP contribution is -2.24. The number of hydrogen-bond donors (Lipinski definition) is 1. The summed E-state index contributed by atoms with van der Waals surface area (Å²) in [5.74, 6) is 0.618. The van der Waals surface area contributed by atoms with E-state index in [9.17, 15) is 4.79 Å². The number of nitrogens with one attached hydrogen (secondary N) is 1. The van der Waals surface area contributed by atoms with Gasteiger partial charge in [0.1, 0.15) is 5.75 Å². The number of rotatable bonds is 8. The standard InChI is InChI=1S/C20H26N2O2/c1-4-14-22(15-5-2)18-10-8-17(9-11-18)21-20(23)16-6-12-19(24-3)13-7-16/h6-13H,4-5,14-15H2,1-3H3,(H,21,23). The first-order valence-electron chi connectivity index (χ1n) is 8.48. The van der Waals surface area contributed by atoms with E-state index in [4.69, 9.17) is 4.74 Å². The van der Waals surface area contributed by atoms with Crippen molar-refractivity contribution < 1.29 is 9.53 Å². The molecule has 1 amide bonds. The second-order valence-electron chi connectivity index (χ2n) is 5.72. The molecule has 1 N–H and O–H groups in total. The number of benzene rings is 2. The van der Waals surface area contributed by atoms with Gasteiger partial charge in [-0.25, -0.2) is 0 Å². The van der Waals surface area contributed by atoms with Crippen LogP contribution >= 0.6 is 0 Å². The molecule has 0 spiro atoms. The minimum Gasteiger partial charge on any atom is -0.497 e. The lowest BCUT2D eigenvalue weighted by molar-refractivity contribution is 0.102. The van der Waals surface area contributed by atoms with Crippen LogP contribution in [0.2, 0.25) is 0 Å². The molecule has 0 aromatic heterocycles. The van der Waals surface area contributed by atoms with Gasteiger partial charge in [0.05, 0.1) is 7.11 Å². The molecule has 2 aromatic rings. The van der Waals surface area contributed by atoms with Crippen LogP contribution in [-0.2, 0) is 0 Å². The molecule has 0 aliphatic heterocycles. The summed E-state index contributed by atoms with van der Waals surface area (Å²) in [5.41, 5.74) is 2.60. The zero-order valence-corrected chi connectivity index (χ0v) is 14.7. The molecule has 0 radical (unpaired) electrons. The van der Waals surface area contributed by atoms with Crippen molar-refractivity contribution in [2.45, 2.75) is 26.7 Å². The molecule has 0 bridgehead atoms. The molecule has 0 unspecified atom stereocenters. The van der Waals surface area contributed by atoms with E-state index in [1.54, 1.807) is 31.4 Å². The fraction of sp³-hybridized carbons (Fsp3) is 0.350. The monoisotopic (exact) mass is 326 g/mol. The molecule has 4 heteroatoms. The molecule has 128 valence electrons. The van der Waals surface area contributed by atoms with E-state index < -0.39 is 0 Å². The van der Waals surface area contributed by atoms with Crippen molar-refractivity contribution in [3.63, 3.8) is 0 Å². The van der Waals surface area contributed by atoms with Gasteiger partial charge in [0.25, 0.3) is 5.91 Å². The number of ether oxygens (including phenoxy) is 1. The van der Waals surface area contributed by atoms with Crippen molar-refractivity contribution in [2.24, 2.45) is 0 Å². The van der Waals surface area contributed by atoms with Crippen LogP contribution in [0.4, 0.5) is 11.4 Å². The van der Waals surface area contributed by atoms with Crippen molar-refractivity contribution in [1.82, 2.24) is 0 Å². The molecular weight excluding hydrogens is 300 g/mol. The van der Waals surface area contributed by atoms with Gasteiger partial charge < -0.3 is 15.0 Å². The fourth-order valence-corrected chi connectivity index (χ4v) is 2.61. The van der Waals surface area contributed by atoms with Crippen LogP contribution < -0.4 is 15.0 Å².